The van der Waals surface area contributed by atoms with Gasteiger partial charge in [0.1, 0.15) is 0 Å². The quantitative estimate of drug-likeness (QED) is 0.178. The van der Waals surface area contributed by atoms with Crippen LogP contribution in [0, 0.1) is 0 Å². The molecular weight excluding hydrogens is 767 g/mol. The van der Waals surface area contributed by atoms with E-state index in [0.717, 1.165) is 49.7 Å². The normalized spacial score (nSPS) is 13.2. The van der Waals surface area contributed by atoms with Gasteiger partial charge in [-0.1, -0.05) is 176 Å². The van der Waals surface area contributed by atoms with Crippen LogP contribution in [0.25, 0.3) is 100 Å². The van der Waals surface area contributed by atoms with E-state index in [2.05, 4.69) is 203 Å². The first-order valence-electron chi connectivity index (χ1n) is 21.5. The molecule has 0 aliphatic heterocycles. The standard InChI is InChI=1S/C58H35N5/c1-3-18-36(19-4-1)55-59-56(43-27-17-31-49-54(43)42-26-9-14-30-48(42)58(49)46-28-12-7-22-38(46)39-23-8-13-29-47(39)58)61-57(60-55)63-51-33-16-11-25-41(51)45-34-52-44(35-53(45)63)40-24-10-15-32-50(40)62(52)37-20-5-2-6-21-37/h1-35H. The smallest absolute Gasteiger partial charge is 0.238 e. The molecule has 9 aromatic carbocycles. The molecule has 1 spiro atoms. The van der Waals surface area contributed by atoms with Crippen LogP contribution in [0.1, 0.15) is 22.3 Å². The van der Waals surface area contributed by atoms with Gasteiger partial charge in [-0.25, -0.2) is 4.98 Å². The van der Waals surface area contributed by atoms with Crippen molar-refractivity contribution in [3.63, 3.8) is 0 Å². The van der Waals surface area contributed by atoms with Crippen molar-refractivity contribution in [2.45, 2.75) is 5.41 Å². The number of nitrogens with zero attached hydrogens (tertiary/aromatic N) is 5. The maximum atomic E-state index is 5.56. The van der Waals surface area contributed by atoms with Crippen molar-refractivity contribution in [2.24, 2.45) is 0 Å². The van der Waals surface area contributed by atoms with Gasteiger partial charge < -0.3 is 4.57 Å². The molecule has 63 heavy (non-hydrogen) atoms. The average Bonchev–Trinajstić information content (AvgIpc) is 4.05. The molecule has 3 aromatic heterocycles. The Kier molecular flexibility index (Phi) is 6.97. The third-order valence-electron chi connectivity index (χ3n) is 13.6. The highest BCUT2D eigenvalue weighted by atomic mass is 15.2. The number of aromatic nitrogens is 5. The van der Waals surface area contributed by atoms with Gasteiger partial charge >= 0.3 is 0 Å². The van der Waals surface area contributed by atoms with Crippen LogP contribution >= 0.6 is 0 Å². The van der Waals surface area contributed by atoms with Crippen molar-refractivity contribution >= 4 is 43.6 Å². The Bertz CT molecular complexity index is 3810. The number of rotatable bonds is 4. The van der Waals surface area contributed by atoms with Gasteiger partial charge in [-0.05, 0) is 80.9 Å². The highest BCUT2D eigenvalue weighted by Crippen LogP contribution is 2.63. The van der Waals surface area contributed by atoms with E-state index in [1.807, 2.05) is 18.2 Å². The summed E-state index contributed by atoms with van der Waals surface area (Å²) in [5.74, 6) is 1.83. The van der Waals surface area contributed by atoms with E-state index in [9.17, 15) is 0 Å². The molecule has 3 heterocycles. The van der Waals surface area contributed by atoms with Gasteiger partial charge in [0, 0.05) is 38.4 Å². The predicted molar refractivity (Wildman–Crippen MR) is 256 cm³/mol. The average molecular weight is 802 g/mol. The van der Waals surface area contributed by atoms with Crippen LogP contribution in [-0.4, -0.2) is 24.1 Å². The van der Waals surface area contributed by atoms with Crippen molar-refractivity contribution in [3.05, 3.63) is 235 Å². The van der Waals surface area contributed by atoms with Gasteiger partial charge in [0.15, 0.2) is 11.6 Å². The Morgan fingerprint density at radius 1 is 0.317 bits per heavy atom. The van der Waals surface area contributed by atoms with Gasteiger partial charge in [0.2, 0.25) is 5.95 Å². The fraction of sp³-hybridized carbons (Fsp3) is 0.0172. The zero-order chi connectivity index (χ0) is 41.2. The summed E-state index contributed by atoms with van der Waals surface area (Å²) in [5.41, 5.74) is 17.0. The molecule has 5 heteroatoms. The van der Waals surface area contributed by atoms with Crippen molar-refractivity contribution in [1.29, 1.82) is 0 Å². The van der Waals surface area contributed by atoms with Gasteiger partial charge in [-0.2, -0.15) is 9.97 Å². The van der Waals surface area contributed by atoms with Crippen molar-refractivity contribution < 1.29 is 0 Å². The van der Waals surface area contributed by atoms with E-state index >= 15 is 0 Å². The van der Waals surface area contributed by atoms with Crippen molar-refractivity contribution in [2.75, 3.05) is 0 Å². The van der Waals surface area contributed by atoms with Gasteiger partial charge in [0.05, 0.1) is 27.5 Å². The van der Waals surface area contributed by atoms with Crippen LogP contribution in [0.4, 0.5) is 0 Å². The molecule has 0 amide bonds. The second kappa shape index (κ2) is 12.8. The lowest BCUT2D eigenvalue weighted by Crippen LogP contribution is -2.25. The molecule has 0 saturated heterocycles. The fourth-order valence-corrected chi connectivity index (χ4v) is 11.1. The molecule has 0 atom stereocenters. The fourth-order valence-electron chi connectivity index (χ4n) is 11.1. The van der Waals surface area contributed by atoms with Crippen molar-refractivity contribution in [3.8, 4) is 56.7 Å². The third kappa shape index (κ3) is 4.57. The largest absolute Gasteiger partial charge is 0.309 e. The molecule has 0 fully saturated rings. The van der Waals surface area contributed by atoms with Gasteiger partial charge in [0.25, 0.3) is 0 Å². The maximum absolute atomic E-state index is 5.56. The number of fused-ring (bicyclic) bond motifs is 16. The van der Waals surface area contributed by atoms with Crippen LogP contribution in [0.3, 0.4) is 0 Å². The summed E-state index contributed by atoms with van der Waals surface area (Å²) in [5, 5.41) is 4.64. The summed E-state index contributed by atoms with van der Waals surface area (Å²) in [6, 6.07) is 76.5. The first-order chi connectivity index (χ1) is 31.3. The predicted octanol–water partition coefficient (Wildman–Crippen LogP) is 13.7. The van der Waals surface area contributed by atoms with Gasteiger partial charge in [-0.15, -0.1) is 0 Å². The lowest BCUT2D eigenvalue weighted by atomic mass is 9.70. The monoisotopic (exact) mass is 801 g/mol. The molecule has 0 unspecified atom stereocenters. The third-order valence-corrected chi connectivity index (χ3v) is 13.6. The van der Waals surface area contributed by atoms with Crippen LogP contribution < -0.4 is 0 Å². The topological polar surface area (TPSA) is 48.5 Å². The van der Waals surface area contributed by atoms with Crippen LogP contribution in [-0.2, 0) is 5.41 Å². The Morgan fingerprint density at radius 3 is 1.46 bits per heavy atom. The molecule has 5 nitrogen and oxygen atoms in total. The van der Waals surface area contributed by atoms with E-state index in [1.54, 1.807) is 0 Å². The number of hydrogen-bond acceptors (Lipinski definition) is 3. The van der Waals surface area contributed by atoms with Crippen LogP contribution in [0.15, 0.2) is 212 Å². The molecule has 12 aromatic rings. The van der Waals surface area contributed by atoms with E-state index < -0.39 is 5.41 Å². The molecule has 2 aliphatic rings. The zero-order valence-corrected chi connectivity index (χ0v) is 33.9. The Labute approximate surface area is 362 Å². The van der Waals surface area contributed by atoms with E-state index in [1.165, 1.54) is 55.2 Å². The Morgan fingerprint density at radius 2 is 0.794 bits per heavy atom. The molecule has 0 bridgehead atoms. The van der Waals surface area contributed by atoms with E-state index in [4.69, 9.17) is 15.0 Å². The van der Waals surface area contributed by atoms with Crippen molar-refractivity contribution in [1.82, 2.24) is 24.1 Å². The van der Waals surface area contributed by atoms with Crippen LogP contribution in [0.5, 0.6) is 0 Å². The molecular formula is C58H35N5. The molecule has 0 saturated carbocycles. The SMILES string of the molecule is c1ccc(-c2nc(-c3cccc4c3-c3ccccc3C43c4ccccc4-c4ccccc43)nc(-n3c4ccccc4c4cc5c(cc43)c3ccccc3n5-c3ccccc3)n2)cc1. The lowest BCUT2D eigenvalue weighted by Gasteiger charge is -2.30. The molecule has 2 aliphatic carbocycles. The van der Waals surface area contributed by atoms with Crippen LogP contribution in [0.2, 0.25) is 0 Å². The molecule has 292 valence electrons. The number of para-hydroxylation sites is 3. The highest BCUT2D eigenvalue weighted by molar-refractivity contribution is 6.19. The molecule has 14 rings (SSSR count). The molecule has 0 radical (unpaired) electrons. The summed E-state index contributed by atoms with van der Waals surface area (Å²) >= 11 is 0. The Hall–Kier alpha value is -8.41. The highest BCUT2D eigenvalue weighted by Gasteiger charge is 2.52. The van der Waals surface area contributed by atoms with E-state index in [0.29, 0.717) is 17.6 Å². The summed E-state index contributed by atoms with van der Waals surface area (Å²) in [7, 11) is 0. The maximum Gasteiger partial charge on any atom is 0.238 e. The first-order valence-corrected chi connectivity index (χ1v) is 21.5. The number of hydrogen-bond donors (Lipinski definition) is 0. The van der Waals surface area contributed by atoms with Gasteiger partial charge in [-0.3, -0.25) is 4.57 Å². The minimum atomic E-state index is -0.482. The minimum Gasteiger partial charge on any atom is -0.309 e. The second-order valence-corrected chi connectivity index (χ2v) is 16.7. The Balaban J connectivity index is 1.07. The molecule has 0 N–H and O–H groups in total. The number of benzene rings is 9. The zero-order valence-electron chi connectivity index (χ0n) is 33.9. The first kappa shape index (κ1) is 34.3. The summed E-state index contributed by atoms with van der Waals surface area (Å²) in [6.45, 7) is 0. The van der Waals surface area contributed by atoms with E-state index in [-0.39, 0.29) is 0 Å². The second-order valence-electron chi connectivity index (χ2n) is 16.7. The lowest BCUT2D eigenvalue weighted by molar-refractivity contribution is 0.794. The minimum absolute atomic E-state index is 0.482. The summed E-state index contributed by atoms with van der Waals surface area (Å²) < 4.78 is 4.63. The summed E-state index contributed by atoms with van der Waals surface area (Å²) in [4.78, 5) is 16.3. The summed E-state index contributed by atoms with van der Waals surface area (Å²) in [6.07, 6.45) is 0.